The van der Waals surface area contributed by atoms with Gasteiger partial charge in [-0.3, -0.25) is 0 Å². The van der Waals surface area contributed by atoms with Crippen molar-refractivity contribution in [2.24, 2.45) is 0 Å². The van der Waals surface area contributed by atoms with E-state index in [2.05, 4.69) is 10.6 Å². The standard InChI is InChI=1S/2C2H6N.2H2O.Ti/c2*1-3-2;;;/h2*1-2H3;2*1H2;/q2*-1;;;+2. The van der Waals surface area contributed by atoms with Gasteiger partial charge in [0, 0.05) is 0 Å². The van der Waals surface area contributed by atoms with Gasteiger partial charge in [-0.25, -0.2) is 0 Å². The molecule has 0 aliphatic rings. The fourth-order valence-electron chi connectivity index (χ4n) is 0. The molecule has 0 aromatic carbocycles. The minimum absolute atomic E-state index is 0. The summed E-state index contributed by atoms with van der Waals surface area (Å²) in [4.78, 5) is 0. The second-order valence-electron chi connectivity index (χ2n) is 0.894. The van der Waals surface area contributed by atoms with Crippen molar-refractivity contribution < 1.29 is 32.7 Å². The Balaban J connectivity index is -0.00000000889. The molecule has 0 aliphatic heterocycles. The topological polar surface area (TPSA) is 91.2 Å². The molecule has 4 N–H and O–H groups in total. The Bertz CT molecular complexity index is 18.5. The molecule has 0 amide bonds. The van der Waals surface area contributed by atoms with Crippen LogP contribution in [0.15, 0.2) is 0 Å². The predicted octanol–water partition coefficient (Wildman–Crippen LogP) is -0.412. The zero-order chi connectivity index (χ0) is 5.41. The van der Waals surface area contributed by atoms with E-state index in [1.807, 2.05) is 0 Å². The zero-order valence-corrected chi connectivity index (χ0v) is 7.96. The van der Waals surface area contributed by atoms with Crippen molar-refractivity contribution in [2.75, 3.05) is 28.2 Å². The van der Waals surface area contributed by atoms with E-state index in [-0.39, 0.29) is 32.7 Å². The van der Waals surface area contributed by atoms with Crippen LogP contribution in [0.25, 0.3) is 10.6 Å². The summed E-state index contributed by atoms with van der Waals surface area (Å²) in [6.07, 6.45) is 0. The number of nitrogens with zero attached hydrogens (tertiary/aromatic N) is 2. The van der Waals surface area contributed by atoms with Gasteiger partial charge in [-0.1, -0.05) is 0 Å². The SMILES string of the molecule is C[N-]C.C[N-]C.O.O.[Ti+2]. The van der Waals surface area contributed by atoms with Gasteiger partial charge in [-0.15, -0.1) is 0 Å². The molecule has 0 spiro atoms. The van der Waals surface area contributed by atoms with Gasteiger partial charge in [0.15, 0.2) is 0 Å². The van der Waals surface area contributed by atoms with Gasteiger partial charge < -0.3 is 21.6 Å². The molecule has 0 aromatic heterocycles. The van der Waals surface area contributed by atoms with Crippen molar-refractivity contribution in [2.45, 2.75) is 0 Å². The fraction of sp³-hybridized carbons (Fsp3) is 1.00. The van der Waals surface area contributed by atoms with Gasteiger partial charge in [0.1, 0.15) is 0 Å². The van der Waals surface area contributed by atoms with Gasteiger partial charge in [0.25, 0.3) is 0 Å². The van der Waals surface area contributed by atoms with Crippen LogP contribution in [-0.2, 0) is 21.7 Å². The summed E-state index contributed by atoms with van der Waals surface area (Å²) in [6.45, 7) is 0. The van der Waals surface area contributed by atoms with Crippen LogP contribution >= 0.6 is 0 Å². The minimum Gasteiger partial charge on any atom is -0.668 e. The van der Waals surface area contributed by atoms with Crippen LogP contribution in [0.2, 0.25) is 0 Å². The Morgan fingerprint density at radius 3 is 0.667 bits per heavy atom. The summed E-state index contributed by atoms with van der Waals surface area (Å²) in [5, 5.41) is 7.00. The predicted molar refractivity (Wildman–Crippen MR) is 37.6 cm³/mol. The van der Waals surface area contributed by atoms with Crippen molar-refractivity contribution in [1.29, 1.82) is 0 Å². The van der Waals surface area contributed by atoms with Crippen LogP contribution in [0.3, 0.4) is 0 Å². The van der Waals surface area contributed by atoms with Gasteiger partial charge in [0.2, 0.25) is 0 Å². The quantitative estimate of drug-likeness (QED) is 0.444. The molecule has 0 bridgehead atoms. The zero-order valence-electron chi connectivity index (χ0n) is 6.39. The first-order valence-corrected chi connectivity index (χ1v) is 1.79. The van der Waals surface area contributed by atoms with Crippen molar-refractivity contribution in [1.82, 2.24) is 0 Å². The minimum atomic E-state index is 0. The second kappa shape index (κ2) is 74.8. The average Bonchev–Trinajstić information content (AvgIpc) is 1.39. The second-order valence-corrected chi connectivity index (χ2v) is 0.894. The maximum Gasteiger partial charge on any atom is 2.00 e. The summed E-state index contributed by atoms with van der Waals surface area (Å²) in [5.41, 5.74) is 0. The van der Waals surface area contributed by atoms with Crippen molar-refractivity contribution in [3.63, 3.8) is 0 Å². The molecule has 5 heteroatoms. The average molecular weight is 172 g/mol. The van der Waals surface area contributed by atoms with Gasteiger partial charge in [-0.05, 0) is 0 Å². The molecule has 0 rings (SSSR count). The number of hydrogen-bond acceptors (Lipinski definition) is 0. The molecular weight excluding hydrogens is 156 g/mol. The van der Waals surface area contributed by atoms with Gasteiger partial charge in [0.05, 0.1) is 0 Å². The summed E-state index contributed by atoms with van der Waals surface area (Å²) in [7, 11) is 7.00. The van der Waals surface area contributed by atoms with Crippen molar-refractivity contribution in [3.8, 4) is 0 Å². The first-order chi connectivity index (χ1) is 2.83. The van der Waals surface area contributed by atoms with Crippen LogP contribution in [0.5, 0.6) is 0 Å². The number of rotatable bonds is 0. The molecule has 0 radical (unpaired) electrons. The largest absolute Gasteiger partial charge is 2.00 e. The van der Waals surface area contributed by atoms with E-state index in [0.717, 1.165) is 0 Å². The third-order valence-electron chi connectivity index (χ3n) is 0. The molecule has 9 heavy (non-hydrogen) atoms. The summed E-state index contributed by atoms with van der Waals surface area (Å²) >= 11 is 0. The molecule has 0 atom stereocenters. The van der Waals surface area contributed by atoms with E-state index in [4.69, 9.17) is 0 Å². The molecule has 0 aliphatic carbocycles. The van der Waals surface area contributed by atoms with E-state index in [1.165, 1.54) is 0 Å². The molecule has 58 valence electrons. The van der Waals surface area contributed by atoms with E-state index >= 15 is 0 Å². The molecule has 0 unspecified atom stereocenters. The molecule has 0 fully saturated rings. The molecular formula is C4H16N2O2Ti. The third-order valence-corrected chi connectivity index (χ3v) is 0. The van der Waals surface area contributed by atoms with Gasteiger partial charge >= 0.3 is 21.7 Å². The Hall–Kier alpha value is 0.554. The monoisotopic (exact) mass is 172 g/mol. The molecule has 0 aromatic rings. The Labute approximate surface area is 71.9 Å². The van der Waals surface area contributed by atoms with Crippen LogP contribution in [0.4, 0.5) is 0 Å². The van der Waals surface area contributed by atoms with E-state index in [9.17, 15) is 0 Å². The Morgan fingerprint density at radius 1 is 0.667 bits per heavy atom. The molecule has 0 saturated carbocycles. The third kappa shape index (κ3) is 1200. The summed E-state index contributed by atoms with van der Waals surface area (Å²) in [5.74, 6) is 0. The first kappa shape index (κ1) is 33.7. The smallest absolute Gasteiger partial charge is 0.668 e. The van der Waals surface area contributed by atoms with Gasteiger partial charge in [-0.2, -0.15) is 28.2 Å². The van der Waals surface area contributed by atoms with Crippen LogP contribution in [0, 0.1) is 0 Å². The van der Waals surface area contributed by atoms with E-state index < -0.39 is 0 Å². The summed E-state index contributed by atoms with van der Waals surface area (Å²) in [6, 6.07) is 0. The van der Waals surface area contributed by atoms with E-state index in [0.29, 0.717) is 0 Å². The maximum absolute atomic E-state index is 3.50. The maximum atomic E-state index is 3.50. The normalized spacial score (nSPS) is 4.00. The van der Waals surface area contributed by atoms with Crippen LogP contribution < -0.4 is 0 Å². The fourth-order valence-corrected chi connectivity index (χ4v) is 0. The van der Waals surface area contributed by atoms with Crippen LogP contribution in [-0.4, -0.2) is 39.1 Å². The molecule has 0 saturated heterocycles. The molecule has 0 heterocycles. The van der Waals surface area contributed by atoms with Crippen molar-refractivity contribution >= 4 is 0 Å². The summed E-state index contributed by atoms with van der Waals surface area (Å²) < 4.78 is 0. The Kier molecular flexibility index (Phi) is 280. The van der Waals surface area contributed by atoms with E-state index in [1.54, 1.807) is 28.2 Å². The van der Waals surface area contributed by atoms with Crippen molar-refractivity contribution in [3.05, 3.63) is 10.6 Å². The number of hydrogen-bond donors (Lipinski definition) is 0. The first-order valence-electron chi connectivity index (χ1n) is 1.79. The molecule has 4 nitrogen and oxygen atoms in total. The Morgan fingerprint density at radius 2 is 0.667 bits per heavy atom. The van der Waals surface area contributed by atoms with Crippen LogP contribution in [0.1, 0.15) is 0 Å².